The Hall–Kier alpha value is -1.83. The molecule has 0 unspecified atom stereocenters. The van der Waals surface area contributed by atoms with Gasteiger partial charge in [0.15, 0.2) is 0 Å². The molecule has 2 nitrogen and oxygen atoms in total. The SMILES string of the molecule is C/C=C(\C)c1nccn1-c1c(C(C)C)cccc1C(C)C. The average molecular weight is 282 g/mol. The third-order valence-corrected chi connectivity index (χ3v) is 4.01. The molecule has 0 bridgehead atoms. The van der Waals surface area contributed by atoms with Crippen LogP contribution < -0.4 is 0 Å². The van der Waals surface area contributed by atoms with Crippen molar-refractivity contribution in [3.05, 3.63) is 53.6 Å². The number of allylic oxidation sites excluding steroid dienone is 2. The van der Waals surface area contributed by atoms with Crippen LogP contribution in [0.3, 0.4) is 0 Å². The second-order valence-corrected chi connectivity index (χ2v) is 6.19. The van der Waals surface area contributed by atoms with Gasteiger partial charge in [0, 0.05) is 12.4 Å². The summed E-state index contributed by atoms with van der Waals surface area (Å²) in [4.78, 5) is 4.56. The van der Waals surface area contributed by atoms with Gasteiger partial charge < -0.3 is 0 Å². The maximum absolute atomic E-state index is 4.56. The fourth-order valence-corrected chi connectivity index (χ4v) is 2.69. The quantitative estimate of drug-likeness (QED) is 0.719. The molecule has 0 saturated carbocycles. The Balaban J connectivity index is 2.76. The topological polar surface area (TPSA) is 17.8 Å². The number of nitrogens with zero attached hydrogens (tertiary/aromatic N) is 2. The van der Waals surface area contributed by atoms with Crippen LogP contribution in [0.4, 0.5) is 0 Å². The molecule has 2 heteroatoms. The van der Waals surface area contributed by atoms with Gasteiger partial charge in [0.2, 0.25) is 0 Å². The highest BCUT2D eigenvalue weighted by Gasteiger charge is 2.17. The molecule has 1 aromatic carbocycles. The molecule has 0 aliphatic heterocycles. The van der Waals surface area contributed by atoms with E-state index in [2.05, 4.69) is 81.6 Å². The molecule has 1 aromatic heterocycles. The summed E-state index contributed by atoms with van der Waals surface area (Å²) in [5.74, 6) is 2.01. The van der Waals surface area contributed by atoms with E-state index in [0.717, 1.165) is 5.82 Å². The van der Waals surface area contributed by atoms with E-state index in [-0.39, 0.29) is 0 Å². The lowest BCUT2D eigenvalue weighted by Crippen LogP contribution is -2.08. The molecule has 0 spiro atoms. The smallest absolute Gasteiger partial charge is 0.139 e. The molecule has 0 saturated heterocycles. The summed E-state index contributed by atoms with van der Waals surface area (Å²) in [5.41, 5.74) is 5.26. The van der Waals surface area contributed by atoms with E-state index >= 15 is 0 Å². The van der Waals surface area contributed by atoms with Gasteiger partial charge in [-0.1, -0.05) is 52.0 Å². The Labute approximate surface area is 128 Å². The zero-order valence-electron chi connectivity index (χ0n) is 14.0. The van der Waals surface area contributed by atoms with Crippen molar-refractivity contribution in [3.8, 4) is 5.69 Å². The molecule has 0 aliphatic rings. The molecule has 0 N–H and O–H groups in total. The van der Waals surface area contributed by atoms with Crippen LogP contribution in [0.15, 0.2) is 36.7 Å². The highest BCUT2D eigenvalue weighted by Crippen LogP contribution is 2.32. The van der Waals surface area contributed by atoms with E-state index in [1.54, 1.807) is 0 Å². The van der Waals surface area contributed by atoms with Gasteiger partial charge in [-0.05, 0) is 42.4 Å². The molecule has 0 amide bonds. The van der Waals surface area contributed by atoms with Crippen molar-refractivity contribution in [1.29, 1.82) is 0 Å². The van der Waals surface area contributed by atoms with Crippen molar-refractivity contribution in [2.75, 3.05) is 0 Å². The van der Waals surface area contributed by atoms with Crippen LogP contribution in [-0.2, 0) is 0 Å². The third-order valence-electron chi connectivity index (χ3n) is 4.01. The third kappa shape index (κ3) is 2.94. The van der Waals surface area contributed by atoms with E-state index in [9.17, 15) is 0 Å². The largest absolute Gasteiger partial charge is 0.300 e. The molecule has 0 atom stereocenters. The molecule has 2 rings (SSSR count). The van der Waals surface area contributed by atoms with E-state index in [1.807, 2.05) is 6.20 Å². The first-order valence-corrected chi connectivity index (χ1v) is 7.77. The van der Waals surface area contributed by atoms with Crippen LogP contribution in [0.25, 0.3) is 11.3 Å². The van der Waals surface area contributed by atoms with Gasteiger partial charge >= 0.3 is 0 Å². The van der Waals surface area contributed by atoms with Gasteiger partial charge in [0.25, 0.3) is 0 Å². The van der Waals surface area contributed by atoms with Crippen molar-refractivity contribution >= 4 is 5.57 Å². The summed E-state index contributed by atoms with van der Waals surface area (Å²) in [6.45, 7) is 13.2. The number of rotatable bonds is 4. The summed E-state index contributed by atoms with van der Waals surface area (Å²) in [6, 6.07) is 6.65. The van der Waals surface area contributed by atoms with Crippen LogP contribution >= 0.6 is 0 Å². The lowest BCUT2D eigenvalue weighted by atomic mass is 9.92. The minimum Gasteiger partial charge on any atom is -0.300 e. The first-order valence-electron chi connectivity index (χ1n) is 7.77. The first kappa shape index (κ1) is 15.6. The number of hydrogen-bond acceptors (Lipinski definition) is 1. The predicted octanol–water partition coefficient (Wildman–Crippen LogP) is 5.54. The Morgan fingerprint density at radius 2 is 1.67 bits per heavy atom. The lowest BCUT2D eigenvalue weighted by Gasteiger charge is -2.21. The number of para-hydroxylation sites is 1. The van der Waals surface area contributed by atoms with Crippen molar-refractivity contribution < 1.29 is 0 Å². The van der Waals surface area contributed by atoms with Gasteiger partial charge in [-0.3, -0.25) is 4.57 Å². The van der Waals surface area contributed by atoms with E-state index in [1.165, 1.54) is 22.4 Å². The first-order chi connectivity index (χ1) is 9.97. The second-order valence-electron chi connectivity index (χ2n) is 6.19. The van der Waals surface area contributed by atoms with Gasteiger partial charge in [0.05, 0.1) is 5.69 Å². The predicted molar refractivity (Wildman–Crippen MR) is 91.1 cm³/mol. The minimum atomic E-state index is 0.486. The summed E-state index contributed by atoms with van der Waals surface area (Å²) >= 11 is 0. The van der Waals surface area contributed by atoms with Crippen molar-refractivity contribution in [3.63, 3.8) is 0 Å². The molecule has 2 aromatic rings. The summed E-state index contributed by atoms with van der Waals surface area (Å²) in [7, 11) is 0. The van der Waals surface area contributed by atoms with Crippen LogP contribution in [0.5, 0.6) is 0 Å². The zero-order chi connectivity index (χ0) is 15.6. The second kappa shape index (κ2) is 6.30. The Bertz CT molecular complexity index is 619. The van der Waals surface area contributed by atoms with Crippen LogP contribution in [0, 0.1) is 0 Å². The normalized spacial score (nSPS) is 12.5. The van der Waals surface area contributed by atoms with Crippen LogP contribution in [0.1, 0.15) is 70.3 Å². The Morgan fingerprint density at radius 1 is 1.10 bits per heavy atom. The van der Waals surface area contributed by atoms with E-state index < -0.39 is 0 Å². The van der Waals surface area contributed by atoms with E-state index in [0.29, 0.717) is 11.8 Å². The van der Waals surface area contributed by atoms with Gasteiger partial charge in [0.1, 0.15) is 5.82 Å². The number of hydrogen-bond donors (Lipinski definition) is 0. The number of benzene rings is 1. The monoisotopic (exact) mass is 282 g/mol. The fraction of sp³-hybridized carbons (Fsp3) is 0.421. The zero-order valence-corrected chi connectivity index (χ0v) is 14.0. The van der Waals surface area contributed by atoms with Crippen LogP contribution in [-0.4, -0.2) is 9.55 Å². The highest BCUT2D eigenvalue weighted by molar-refractivity contribution is 5.62. The van der Waals surface area contributed by atoms with Crippen molar-refractivity contribution in [2.24, 2.45) is 0 Å². The molecule has 21 heavy (non-hydrogen) atoms. The van der Waals surface area contributed by atoms with Crippen LogP contribution in [0.2, 0.25) is 0 Å². The minimum absolute atomic E-state index is 0.486. The van der Waals surface area contributed by atoms with Gasteiger partial charge in [-0.25, -0.2) is 4.98 Å². The summed E-state index contributed by atoms with van der Waals surface area (Å²) in [6.07, 6.45) is 6.09. The van der Waals surface area contributed by atoms with Gasteiger partial charge in [-0.2, -0.15) is 0 Å². The molecule has 0 fully saturated rings. The maximum Gasteiger partial charge on any atom is 0.139 e. The summed E-state index contributed by atoms with van der Waals surface area (Å²) in [5, 5.41) is 0. The fourth-order valence-electron chi connectivity index (χ4n) is 2.69. The standard InChI is InChI=1S/C19H26N2/c1-7-15(6)19-20-11-12-21(19)18-16(13(2)3)9-8-10-17(18)14(4)5/h7-14H,1-6H3/b15-7+. The lowest BCUT2D eigenvalue weighted by molar-refractivity contribution is 0.802. The Kier molecular flexibility index (Phi) is 4.66. The average Bonchev–Trinajstić information content (AvgIpc) is 2.94. The number of aromatic nitrogens is 2. The van der Waals surface area contributed by atoms with E-state index in [4.69, 9.17) is 0 Å². The molecule has 112 valence electrons. The molecule has 0 radical (unpaired) electrons. The van der Waals surface area contributed by atoms with Crippen molar-refractivity contribution in [1.82, 2.24) is 9.55 Å². The maximum atomic E-state index is 4.56. The molecular formula is C19H26N2. The van der Waals surface area contributed by atoms with Gasteiger partial charge in [-0.15, -0.1) is 0 Å². The molecule has 0 aliphatic carbocycles. The molecule has 1 heterocycles. The van der Waals surface area contributed by atoms with Crippen molar-refractivity contribution in [2.45, 2.75) is 53.4 Å². The summed E-state index contributed by atoms with van der Waals surface area (Å²) < 4.78 is 2.25. The highest BCUT2D eigenvalue weighted by atomic mass is 15.1. The molecular weight excluding hydrogens is 256 g/mol. The number of imidazole rings is 1. The Morgan fingerprint density at radius 3 is 2.14 bits per heavy atom.